The summed E-state index contributed by atoms with van der Waals surface area (Å²) in [7, 11) is 1.58. The van der Waals surface area contributed by atoms with Crippen molar-refractivity contribution in [1.29, 1.82) is 0 Å². The number of carbonyl (C=O) groups excluding carboxylic acids is 1. The third kappa shape index (κ3) is 2.58. The molecule has 1 aromatic rings. The van der Waals surface area contributed by atoms with Crippen LogP contribution >= 0.6 is 0 Å². The molecule has 0 spiro atoms. The fraction of sp³-hybridized carbons (Fsp3) is 0.462. The minimum atomic E-state index is -0.0356. The number of methoxy groups -OCH3 is 1. The minimum Gasteiger partial charge on any atom is -0.496 e. The second kappa shape index (κ2) is 5.19. The number of rotatable bonds is 4. The average Bonchev–Trinajstić information content (AvgIpc) is 2.75. The first-order valence-corrected chi connectivity index (χ1v) is 5.79. The van der Waals surface area contributed by atoms with Crippen molar-refractivity contribution in [2.45, 2.75) is 26.0 Å². The number of nitrogens with zero attached hydrogens (tertiary/aromatic N) is 1. The number of hydrogen-bond acceptors (Lipinski definition) is 3. The maximum atomic E-state index is 11.5. The Hall–Kier alpha value is -1.55. The lowest BCUT2D eigenvalue weighted by Gasteiger charge is -2.16. The van der Waals surface area contributed by atoms with Gasteiger partial charge in [-0.05, 0) is 18.1 Å². The fourth-order valence-corrected chi connectivity index (χ4v) is 2.11. The van der Waals surface area contributed by atoms with Crippen molar-refractivity contribution in [3.05, 3.63) is 29.3 Å². The molecular formula is C13H17NO3. The summed E-state index contributed by atoms with van der Waals surface area (Å²) >= 11 is 0. The Labute approximate surface area is 101 Å². The van der Waals surface area contributed by atoms with Crippen LogP contribution in [-0.2, 0) is 17.9 Å². The van der Waals surface area contributed by atoms with Crippen LogP contribution in [0.4, 0.5) is 0 Å². The quantitative estimate of drug-likeness (QED) is 0.856. The lowest BCUT2D eigenvalue weighted by molar-refractivity contribution is -0.128. The predicted octanol–water partition coefficient (Wildman–Crippen LogP) is 1.31. The summed E-state index contributed by atoms with van der Waals surface area (Å²) in [5.41, 5.74) is 1.80. The van der Waals surface area contributed by atoms with Crippen molar-refractivity contribution in [1.82, 2.24) is 4.90 Å². The standard InChI is InChI=1S/C13H17NO3/c1-17-12-7-10(4-5-11(12)9-15)8-14-6-2-3-13(14)16/h4-5,7,15H,2-3,6,8-9H2,1H3. The molecule has 4 nitrogen and oxygen atoms in total. The molecule has 0 unspecified atom stereocenters. The molecule has 0 aromatic heterocycles. The molecule has 4 heteroatoms. The van der Waals surface area contributed by atoms with Gasteiger partial charge in [0.25, 0.3) is 0 Å². The van der Waals surface area contributed by atoms with Gasteiger partial charge in [-0.25, -0.2) is 0 Å². The summed E-state index contributed by atoms with van der Waals surface area (Å²) in [6.45, 7) is 1.43. The fourth-order valence-electron chi connectivity index (χ4n) is 2.11. The summed E-state index contributed by atoms with van der Waals surface area (Å²) in [5.74, 6) is 0.895. The van der Waals surface area contributed by atoms with Gasteiger partial charge in [-0.1, -0.05) is 12.1 Å². The topological polar surface area (TPSA) is 49.8 Å². The molecule has 1 aromatic carbocycles. The Bertz CT molecular complexity index is 417. The largest absolute Gasteiger partial charge is 0.496 e. The van der Waals surface area contributed by atoms with E-state index in [1.165, 1.54) is 0 Å². The highest BCUT2D eigenvalue weighted by Crippen LogP contribution is 2.22. The second-order valence-electron chi connectivity index (χ2n) is 4.22. The van der Waals surface area contributed by atoms with Crippen LogP contribution in [0.5, 0.6) is 5.75 Å². The molecule has 92 valence electrons. The molecule has 17 heavy (non-hydrogen) atoms. The number of carbonyl (C=O) groups is 1. The first-order valence-electron chi connectivity index (χ1n) is 5.79. The van der Waals surface area contributed by atoms with Crippen LogP contribution in [0, 0.1) is 0 Å². The molecule has 1 fully saturated rings. The zero-order chi connectivity index (χ0) is 12.3. The van der Waals surface area contributed by atoms with Gasteiger partial charge in [0, 0.05) is 25.1 Å². The molecule has 1 N–H and O–H groups in total. The van der Waals surface area contributed by atoms with Gasteiger partial charge in [0.1, 0.15) is 5.75 Å². The molecule has 1 heterocycles. The number of amides is 1. The van der Waals surface area contributed by atoms with Gasteiger partial charge >= 0.3 is 0 Å². The highest BCUT2D eigenvalue weighted by atomic mass is 16.5. The van der Waals surface area contributed by atoms with E-state index >= 15 is 0 Å². The Balaban J connectivity index is 2.13. The third-order valence-corrected chi connectivity index (χ3v) is 3.07. The number of aliphatic hydroxyl groups is 1. The first kappa shape index (κ1) is 11.9. The van der Waals surface area contributed by atoms with Gasteiger partial charge < -0.3 is 14.7 Å². The number of likely N-dealkylation sites (tertiary alicyclic amines) is 1. The van der Waals surface area contributed by atoms with Crippen LogP contribution in [0.3, 0.4) is 0 Å². The molecule has 0 saturated carbocycles. The van der Waals surface area contributed by atoms with Gasteiger partial charge in [-0.15, -0.1) is 0 Å². The van der Waals surface area contributed by atoms with E-state index in [2.05, 4.69) is 0 Å². The van der Waals surface area contributed by atoms with Crippen molar-refractivity contribution in [3.63, 3.8) is 0 Å². The van der Waals surface area contributed by atoms with Crippen LogP contribution in [-0.4, -0.2) is 29.6 Å². The van der Waals surface area contributed by atoms with Crippen LogP contribution in [0.1, 0.15) is 24.0 Å². The van der Waals surface area contributed by atoms with Gasteiger partial charge in [-0.2, -0.15) is 0 Å². The van der Waals surface area contributed by atoms with Crippen LogP contribution in [0.15, 0.2) is 18.2 Å². The minimum absolute atomic E-state index is 0.0356. The normalized spacial score (nSPS) is 15.4. The SMILES string of the molecule is COc1cc(CN2CCCC2=O)ccc1CO. The molecular weight excluding hydrogens is 218 g/mol. The molecule has 2 rings (SSSR count). The number of aliphatic hydroxyl groups excluding tert-OH is 1. The summed E-state index contributed by atoms with van der Waals surface area (Å²) < 4.78 is 5.20. The zero-order valence-corrected chi connectivity index (χ0v) is 9.98. The van der Waals surface area contributed by atoms with Gasteiger partial charge in [0.15, 0.2) is 0 Å². The van der Waals surface area contributed by atoms with Gasteiger partial charge in [0.05, 0.1) is 13.7 Å². The van der Waals surface area contributed by atoms with Crippen molar-refractivity contribution >= 4 is 5.91 Å². The second-order valence-corrected chi connectivity index (χ2v) is 4.22. The number of ether oxygens (including phenoxy) is 1. The molecule has 0 atom stereocenters. The lowest BCUT2D eigenvalue weighted by atomic mass is 10.1. The van der Waals surface area contributed by atoms with E-state index in [9.17, 15) is 4.79 Å². The molecule has 0 aliphatic carbocycles. The van der Waals surface area contributed by atoms with Crippen molar-refractivity contribution in [2.24, 2.45) is 0 Å². The van der Waals surface area contributed by atoms with Crippen molar-refractivity contribution in [2.75, 3.05) is 13.7 Å². The van der Waals surface area contributed by atoms with E-state index in [4.69, 9.17) is 9.84 Å². The molecule has 1 saturated heterocycles. The summed E-state index contributed by atoms with van der Waals surface area (Å²) in [4.78, 5) is 13.4. The van der Waals surface area contributed by atoms with E-state index in [1.54, 1.807) is 7.11 Å². The smallest absolute Gasteiger partial charge is 0.222 e. The van der Waals surface area contributed by atoms with E-state index in [0.29, 0.717) is 18.7 Å². The van der Waals surface area contributed by atoms with E-state index in [1.807, 2.05) is 23.1 Å². The van der Waals surface area contributed by atoms with Crippen LogP contribution < -0.4 is 4.74 Å². The van der Waals surface area contributed by atoms with Crippen LogP contribution in [0.25, 0.3) is 0 Å². The average molecular weight is 235 g/mol. The summed E-state index contributed by atoms with van der Waals surface area (Å²) in [5, 5.41) is 9.12. The maximum absolute atomic E-state index is 11.5. The highest BCUT2D eigenvalue weighted by molar-refractivity contribution is 5.78. The van der Waals surface area contributed by atoms with E-state index < -0.39 is 0 Å². The van der Waals surface area contributed by atoms with Crippen molar-refractivity contribution < 1.29 is 14.6 Å². The Morgan fingerprint density at radius 2 is 2.29 bits per heavy atom. The van der Waals surface area contributed by atoms with Gasteiger partial charge in [-0.3, -0.25) is 4.79 Å². The van der Waals surface area contributed by atoms with E-state index in [-0.39, 0.29) is 12.5 Å². The van der Waals surface area contributed by atoms with E-state index in [0.717, 1.165) is 24.1 Å². The molecule has 0 radical (unpaired) electrons. The van der Waals surface area contributed by atoms with Crippen molar-refractivity contribution in [3.8, 4) is 5.75 Å². The summed E-state index contributed by atoms with van der Waals surface area (Å²) in [6, 6.07) is 5.66. The zero-order valence-electron chi connectivity index (χ0n) is 9.98. The van der Waals surface area contributed by atoms with Gasteiger partial charge in [0.2, 0.25) is 5.91 Å². The third-order valence-electron chi connectivity index (χ3n) is 3.07. The molecule has 1 aliphatic heterocycles. The predicted molar refractivity (Wildman–Crippen MR) is 63.6 cm³/mol. The first-order chi connectivity index (χ1) is 8.24. The summed E-state index contributed by atoms with van der Waals surface area (Å²) in [6.07, 6.45) is 1.61. The highest BCUT2D eigenvalue weighted by Gasteiger charge is 2.20. The monoisotopic (exact) mass is 235 g/mol. The number of benzene rings is 1. The maximum Gasteiger partial charge on any atom is 0.222 e. The molecule has 1 aliphatic rings. The molecule has 0 bridgehead atoms. The Kier molecular flexibility index (Phi) is 3.64. The molecule has 1 amide bonds. The Morgan fingerprint density at radius 3 is 2.88 bits per heavy atom. The number of hydrogen-bond donors (Lipinski definition) is 1. The lowest BCUT2D eigenvalue weighted by Crippen LogP contribution is -2.23. The Morgan fingerprint density at radius 1 is 1.47 bits per heavy atom. The van der Waals surface area contributed by atoms with Crippen LogP contribution in [0.2, 0.25) is 0 Å².